The second-order valence-electron chi connectivity index (χ2n) is 5.50. The summed E-state index contributed by atoms with van der Waals surface area (Å²) < 4.78 is 9.84. The molecule has 0 unspecified atom stereocenters. The number of aryl methyl sites for hydroxylation is 1. The number of amides is 1. The molecule has 0 atom stereocenters. The Kier molecular flexibility index (Phi) is 5.38. The van der Waals surface area contributed by atoms with Gasteiger partial charge in [-0.05, 0) is 18.2 Å². The largest absolute Gasteiger partial charge is 0.465 e. The molecule has 0 bridgehead atoms. The van der Waals surface area contributed by atoms with Crippen molar-refractivity contribution >= 4 is 17.6 Å². The topological polar surface area (TPSA) is 94.3 Å². The van der Waals surface area contributed by atoms with E-state index < -0.39 is 5.97 Å². The number of benzene rings is 2. The summed E-state index contributed by atoms with van der Waals surface area (Å²) in [6.45, 7) is 0. The molecule has 0 aliphatic rings. The molecule has 0 aliphatic carbocycles. The van der Waals surface area contributed by atoms with Crippen molar-refractivity contribution in [1.29, 1.82) is 0 Å². The summed E-state index contributed by atoms with van der Waals surface area (Å²) >= 11 is 0. The maximum Gasteiger partial charge on any atom is 0.337 e. The van der Waals surface area contributed by atoms with Crippen LogP contribution in [0.4, 0.5) is 5.69 Å². The summed E-state index contributed by atoms with van der Waals surface area (Å²) in [5.74, 6) is 0.209. The molecule has 1 aromatic heterocycles. The van der Waals surface area contributed by atoms with Crippen molar-refractivity contribution in [1.82, 2.24) is 10.1 Å². The van der Waals surface area contributed by atoms with Crippen LogP contribution in [0.25, 0.3) is 11.4 Å². The highest BCUT2D eigenvalue weighted by Crippen LogP contribution is 2.16. The fourth-order valence-electron chi connectivity index (χ4n) is 2.35. The van der Waals surface area contributed by atoms with E-state index in [2.05, 4.69) is 20.2 Å². The van der Waals surface area contributed by atoms with Crippen molar-refractivity contribution in [3.8, 4) is 11.4 Å². The molecule has 7 heteroatoms. The Labute approximate surface area is 150 Å². The van der Waals surface area contributed by atoms with Crippen LogP contribution in [0.1, 0.15) is 22.7 Å². The van der Waals surface area contributed by atoms with E-state index in [0.29, 0.717) is 29.4 Å². The second-order valence-corrected chi connectivity index (χ2v) is 5.50. The second kappa shape index (κ2) is 8.06. The van der Waals surface area contributed by atoms with Crippen LogP contribution in [-0.2, 0) is 16.0 Å². The van der Waals surface area contributed by atoms with Gasteiger partial charge in [0.15, 0.2) is 0 Å². The normalized spacial score (nSPS) is 10.3. The molecule has 0 saturated heterocycles. The molecule has 2 aromatic carbocycles. The van der Waals surface area contributed by atoms with E-state index in [0.717, 1.165) is 5.56 Å². The van der Waals surface area contributed by atoms with Gasteiger partial charge in [0.05, 0.1) is 12.7 Å². The van der Waals surface area contributed by atoms with Crippen LogP contribution in [0.5, 0.6) is 0 Å². The Hall–Kier alpha value is -3.48. The molecule has 3 rings (SSSR count). The lowest BCUT2D eigenvalue weighted by Crippen LogP contribution is -2.13. The molecule has 0 spiro atoms. The molecular formula is C19H17N3O4. The van der Waals surface area contributed by atoms with Crippen LogP contribution in [-0.4, -0.2) is 29.1 Å². The number of carbonyl (C=O) groups is 2. The monoisotopic (exact) mass is 351 g/mol. The van der Waals surface area contributed by atoms with Gasteiger partial charge >= 0.3 is 5.97 Å². The van der Waals surface area contributed by atoms with Gasteiger partial charge in [-0.1, -0.05) is 41.6 Å². The molecule has 0 saturated carbocycles. The minimum atomic E-state index is -0.458. The highest BCUT2D eigenvalue weighted by Gasteiger charge is 2.11. The Morgan fingerprint density at radius 1 is 1.12 bits per heavy atom. The molecule has 26 heavy (non-hydrogen) atoms. The zero-order valence-electron chi connectivity index (χ0n) is 14.1. The highest BCUT2D eigenvalue weighted by molar-refractivity contribution is 5.94. The number of carbonyl (C=O) groups excluding carboxylic acids is 2. The predicted octanol–water partition coefficient (Wildman–Crippen LogP) is 3.09. The van der Waals surface area contributed by atoms with E-state index in [1.54, 1.807) is 24.3 Å². The van der Waals surface area contributed by atoms with Crippen molar-refractivity contribution in [2.45, 2.75) is 12.8 Å². The van der Waals surface area contributed by atoms with Crippen molar-refractivity contribution in [2.24, 2.45) is 0 Å². The zero-order valence-corrected chi connectivity index (χ0v) is 14.1. The van der Waals surface area contributed by atoms with Crippen LogP contribution in [0.15, 0.2) is 59.1 Å². The summed E-state index contributed by atoms with van der Waals surface area (Å²) in [6, 6.07) is 16.0. The minimum Gasteiger partial charge on any atom is -0.465 e. The molecule has 1 heterocycles. The summed E-state index contributed by atoms with van der Waals surface area (Å²) in [5.41, 5.74) is 1.75. The average Bonchev–Trinajstić information content (AvgIpc) is 3.16. The SMILES string of the molecule is COC(=O)c1cccc(NC(=O)CCc2nc(-c3ccccc3)no2)c1. The van der Waals surface area contributed by atoms with Crippen LogP contribution < -0.4 is 5.32 Å². The third-order valence-corrected chi connectivity index (χ3v) is 3.63. The number of ether oxygens (including phenoxy) is 1. The number of aromatic nitrogens is 2. The van der Waals surface area contributed by atoms with Gasteiger partial charge in [-0.25, -0.2) is 4.79 Å². The van der Waals surface area contributed by atoms with E-state index in [1.807, 2.05) is 30.3 Å². The molecule has 7 nitrogen and oxygen atoms in total. The first-order valence-corrected chi connectivity index (χ1v) is 8.02. The van der Waals surface area contributed by atoms with Gasteiger partial charge in [-0.3, -0.25) is 4.79 Å². The van der Waals surface area contributed by atoms with Gasteiger partial charge in [0.25, 0.3) is 0 Å². The number of hydrogen-bond acceptors (Lipinski definition) is 6. The quantitative estimate of drug-likeness (QED) is 0.686. The molecule has 0 fully saturated rings. The number of esters is 1. The summed E-state index contributed by atoms with van der Waals surface area (Å²) in [6.07, 6.45) is 0.501. The van der Waals surface area contributed by atoms with E-state index in [1.165, 1.54) is 7.11 Å². The molecule has 1 N–H and O–H groups in total. The number of nitrogens with one attached hydrogen (secondary N) is 1. The van der Waals surface area contributed by atoms with Crippen LogP contribution >= 0.6 is 0 Å². The van der Waals surface area contributed by atoms with E-state index >= 15 is 0 Å². The Bertz CT molecular complexity index is 906. The van der Waals surface area contributed by atoms with Crippen LogP contribution in [0.2, 0.25) is 0 Å². The standard InChI is InChI=1S/C19H17N3O4/c1-25-19(24)14-8-5-9-15(12-14)20-16(23)10-11-17-21-18(22-26-17)13-6-3-2-4-7-13/h2-9,12H,10-11H2,1H3,(H,20,23). The fourth-order valence-corrected chi connectivity index (χ4v) is 2.35. The van der Waals surface area contributed by atoms with E-state index in [4.69, 9.17) is 4.52 Å². The Balaban J connectivity index is 1.56. The first-order chi connectivity index (χ1) is 12.7. The van der Waals surface area contributed by atoms with Gasteiger partial charge in [-0.2, -0.15) is 4.98 Å². The minimum absolute atomic E-state index is 0.179. The number of nitrogens with zero attached hydrogens (tertiary/aromatic N) is 2. The maximum atomic E-state index is 12.1. The van der Waals surface area contributed by atoms with E-state index in [-0.39, 0.29) is 12.3 Å². The van der Waals surface area contributed by atoms with Crippen LogP contribution in [0.3, 0.4) is 0 Å². The molecule has 1 amide bonds. The van der Waals surface area contributed by atoms with Crippen molar-refractivity contribution in [3.05, 3.63) is 66.1 Å². The van der Waals surface area contributed by atoms with Crippen molar-refractivity contribution in [3.63, 3.8) is 0 Å². The zero-order chi connectivity index (χ0) is 18.4. The van der Waals surface area contributed by atoms with E-state index in [9.17, 15) is 9.59 Å². The average molecular weight is 351 g/mol. The smallest absolute Gasteiger partial charge is 0.337 e. The van der Waals surface area contributed by atoms with Gasteiger partial charge in [0, 0.05) is 24.1 Å². The van der Waals surface area contributed by atoms with Gasteiger partial charge < -0.3 is 14.6 Å². The first-order valence-electron chi connectivity index (χ1n) is 8.02. The number of rotatable bonds is 6. The highest BCUT2D eigenvalue weighted by atomic mass is 16.5. The molecule has 0 radical (unpaired) electrons. The summed E-state index contributed by atoms with van der Waals surface area (Å²) in [4.78, 5) is 27.9. The Morgan fingerprint density at radius 2 is 1.92 bits per heavy atom. The first kappa shape index (κ1) is 17.3. The predicted molar refractivity (Wildman–Crippen MR) is 94.5 cm³/mol. The Morgan fingerprint density at radius 3 is 2.69 bits per heavy atom. The molecule has 132 valence electrons. The molecule has 0 aliphatic heterocycles. The lowest BCUT2D eigenvalue weighted by atomic mass is 10.2. The third kappa shape index (κ3) is 4.32. The van der Waals surface area contributed by atoms with Gasteiger partial charge in [-0.15, -0.1) is 0 Å². The number of methoxy groups -OCH3 is 1. The third-order valence-electron chi connectivity index (χ3n) is 3.63. The lowest BCUT2D eigenvalue weighted by molar-refractivity contribution is -0.116. The van der Waals surface area contributed by atoms with Gasteiger partial charge in [0.1, 0.15) is 0 Å². The number of hydrogen-bond donors (Lipinski definition) is 1. The van der Waals surface area contributed by atoms with Gasteiger partial charge in [0.2, 0.25) is 17.6 Å². The number of anilines is 1. The molecular weight excluding hydrogens is 334 g/mol. The van der Waals surface area contributed by atoms with Crippen LogP contribution in [0, 0.1) is 0 Å². The van der Waals surface area contributed by atoms with Crippen molar-refractivity contribution < 1.29 is 18.8 Å². The summed E-state index contributed by atoms with van der Waals surface area (Å²) in [5, 5.41) is 6.65. The lowest BCUT2D eigenvalue weighted by Gasteiger charge is -2.06. The van der Waals surface area contributed by atoms with Crippen molar-refractivity contribution in [2.75, 3.05) is 12.4 Å². The summed E-state index contributed by atoms with van der Waals surface area (Å²) in [7, 11) is 1.31. The molecule has 3 aromatic rings. The fraction of sp³-hybridized carbons (Fsp3) is 0.158. The maximum absolute atomic E-state index is 12.1.